The van der Waals surface area contributed by atoms with Gasteiger partial charge in [0.1, 0.15) is 6.61 Å². The van der Waals surface area contributed by atoms with E-state index in [9.17, 15) is 4.79 Å². The zero-order valence-electron chi connectivity index (χ0n) is 10.6. The van der Waals surface area contributed by atoms with Crippen molar-refractivity contribution < 1.29 is 9.53 Å². The first-order chi connectivity index (χ1) is 8.22. The summed E-state index contributed by atoms with van der Waals surface area (Å²) < 4.78 is 5.18. The maximum atomic E-state index is 11.4. The third-order valence-corrected chi connectivity index (χ3v) is 2.75. The van der Waals surface area contributed by atoms with Crippen LogP contribution in [0.1, 0.15) is 31.7 Å². The lowest BCUT2D eigenvalue weighted by atomic mass is 10.1. The summed E-state index contributed by atoms with van der Waals surface area (Å²) in [4.78, 5) is 11.4. The largest absolute Gasteiger partial charge is 0.461 e. The van der Waals surface area contributed by atoms with E-state index in [1.54, 1.807) is 0 Å². The summed E-state index contributed by atoms with van der Waals surface area (Å²) in [5.74, 6) is -0.114. The van der Waals surface area contributed by atoms with Crippen LogP contribution in [0.15, 0.2) is 30.3 Å². The summed E-state index contributed by atoms with van der Waals surface area (Å²) in [5, 5.41) is 3.14. The monoisotopic (exact) mass is 235 g/mol. The van der Waals surface area contributed by atoms with Gasteiger partial charge in [-0.2, -0.15) is 0 Å². The van der Waals surface area contributed by atoms with Crippen molar-refractivity contribution in [1.29, 1.82) is 0 Å². The fraction of sp³-hybridized carbons (Fsp3) is 0.500. The number of hydrogen-bond donors (Lipinski definition) is 1. The van der Waals surface area contributed by atoms with Crippen LogP contribution in [0.2, 0.25) is 0 Å². The topological polar surface area (TPSA) is 38.3 Å². The smallest absolute Gasteiger partial charge is 0.306 e. The molecule has 3 nitrogen and oxygen atoms in total. The Bertz CT molecular complexity index is 324. The number of ether oxygens (including phenoxy) is 1. The van der Waals surface area contributed by atoms with Gasteiger partial charge in [-0.15, -0.1) is 0 Å². The standard InChI is InChI=1S/C14H21NO2/c1-12(15-2)7-6-10-14(16)17-11-13-8-4-3-5-9-13/h3-5,8-9,12,15H,6-7,10-11H2,1-2H3/t12-/m0/s1. The molecule has 0 unspecified atom stereocenters. The van der Waals surface area contributed by atoms with Gasteiger partial charge in [0, 0.05) is 12.5 Å². The van der Waals surface area contributed by atoms with E-state index in [1.807, 2.05) is 37.4 Å². The Labute approximate surface area is 103 Å². The van der Waals surface area contributed by atoms with Crippen molar-refractivity contribution in [1.82, 2.24) is 5.32 Å². The Kier molecular flexibility index (Phi) is 6.33. The summed E-state index contributed by atoms with van der Waals surface area (Å²) in [6.45, 7) is 2.48. The second-order valence-electron chi connectivity index (χ2n) is 4.23. The molecular formula is C14H21NO2. The lowest BCUT2D eigenvalue weighted by Gasteiger charge is -2.09. The van der Waals surface area contributed by atoms with E-state index in [-0.39, 0.29) is 5.97 Å². The van der Waals surface area contributed by atoms with Crippen LogP contribution >= 0.6 is 0 Å². The molecular weight excluding hydrogens is 214 g/mol. The Hall–Kier alpha value is -1.35. The maximum absolute atomic E-state index is 11.4. The van der Waals surface area contributed by atoms with Gasteiger partial charge in [-0.05, 0) is 32.4 Å². The number of carbonyl (C=O) groups excluding carboxylic acids is 1. The lowest BCUT2D eigenvalue weighted by Crippen LogP contribution is -2.21. The summed E-state index contributed by atoms with van der Waals surface area (Å²) in [5.41, 5.74) is 1.03. The molecule has 1 atom stereocenters. The third kappa shape index (κ3) is 6.07. The number of esters is 1. The van der Waals surface area contributed by atoms with E-state index < -0.39 is 0 Å². The highest BCUT2D eigenvalue weighted by molar-refractivity contribution is 5.69. The van der Waals surface area contributed by atoms with Gasteiger partial charge in [0.15, 0.2) is 0 Å². The quantitative estimate of drug-likeness (QED) is 0.738. The molecule has 0 heterocycles. The van der Waals surface area contributed by atoms with E-state index >= 15 is 0 Å². The molecule has 0 fully saturated rings. The minimum atomic E-state index is -0.114. The SMILES string of the molecule is CN[C@@H](C)CCCC(=O)OCc1ccccc1. The van der Waals surface area contributed by atoms with Crippen molar-refractivity contribution in [2.24, 2.45) is 0 Å². The molecule has 0 aliphatic rings. The van der Waals surface area contributed by atoms with Crippen LogP contribution in [0.25, 0.3) is 0 Å². The number of rotatable bonds is 7. The maximum Gasteiger partial charge on any atom is 0.306 e. The van der Waals surface area contributed by atoms with E-state index in [2.05, 4.69) is 12.2 Å². The van der Waals surface area contributed by atoms with Crippen LogP contribution in [0.4, 0.5) is 0 Å². The van der Waals surface area contributed by atoms with Crippen LogP contribution in [-0.4, -0.2) is 19.1 Å². The van der Waals surface area contributed by atoms with Crippen LogP contribution in [-0.2, 0) is 16.1 Å². The fourth-order valence-corrected chi connectivity index (χ4v) is 1.51. The second-order valence-corrected chi connectivity index (χ2v) is 4.23. The molecule has 0 bridgehead atoms. The van der Waals surface area contributed by atoms with Crippen molar-refractivity contribution in [3.05, 3.63) is 35.9 Å². The molecule has 17 heavy (non-hydrogen) atoms. The predicted molar refractivity (Wildman–Crippen MR) is 68.6 cm³/mol. The molecule has 3 heteroatoms. The van der Waals surface area contributed by atoms with Gasteiger partial charge in [0.2, 0.25) is 0 Å². The minimum absolute atomic E-state index is 0.114. The second kappa shape index (κ2) is 7.85. The van der Waals surface area contributed by atoms with Gasteiger partial charge >= 0.3 is 5.97 Å². The number of carbonyl (C=O) groups is 1. The molecule has 0 aliphatic heterocycles. The van der Waals surface area contributed by atoms with Crippen molar-refractivity contribution in [2.45, 2.75) is 38.8 Å². The van der Waals surface area contributed by atoms with Gasteiger partial charge < -0.3 is 10.1 Å². The molecule has 1 aromatic carbocycles. The first kappa shape index (κ1) is 13.7. The Morgan fingerprint density at radius 2 is 2.06 bits per heavy atom. The molecule has 0 spiro atoms. The fourth-order valence-electron chi connectivity index (χ4n) is 1.51. The van der Waals surface area contributed by atoms with Gasteiger partial charge in [-0.25, -0.2) is 0 Å². The molecule has 94 valence electrons. The van der Waals surface area contributed by atoms with Crippen molar-refractivity contribution >= 4 is 5.97 Å². The van der Waals surface area contributed by atoms with Crippen molar-refractivity contribution in [3.63, 3.8) is 0 Å². The normalized spacial score (nSPS) is 12.1. The third-order valence-electron chi connectivity index (χ3n) is 2.75. The highest BCUT2D eigenvalue weighted by atomic mass is 16.5. The molecule has 0 radical (unpaired) electrons. The van der Waals surface area contributed by atoms with Gasteiger partial charge in [0.05, 0.1) is 0 Å². The van der Waals surface area contributed by atoms with E-state index in [1.165, 1.54) is 0 Å². The van der Waals surface area contributed by atoms with Crippen LogP contribution in [0, 0.1) is 0 Å². The lowest BCUT2D eigenvalue weighted by molar-refractivity contribution is -0.145. The predicted octanol–water partition coefficient (Wildman–Crippen LogP) is 2.51. The zero-order chi connectivity index (χ0) is 12.5. The summed E-state index contributed by atoms with van der Waals surface area (Å²) in [6, 6.07) is 10.2. The highest BCUT2D eigenvalue weighted by Crippen LogP contribution is 2.05. The Morgan fingerprint density at radius 1 is 1.35 bits per heavy atom. The average Bonchev–Trinajstić information content (AvgIpc) is 2.37. The molecule has 0 aliphatic carbocycles. The molecule has 1 N–H and O–H groups in total. The average molecular weight is 235 g/mol. The first-order valence-electron chi connectivity index (χ1n) is 6.09. The van der Waals surface area contributed by atoms with Crippen molar-refractivity contribution in [3.8, 4) is 0 Å². The van der Waals surface area contributed by atoms with Gasteiger partial charge in [0.25, 0.3) is 0 Å². The van der Waals surface area contributed by atoms with E-state index in [0.29, 0.717) is 19.1 Å². The number of nitrogens with one attached hydrogen (secondary N) is 1. The first-order valence-corrected chi connectivity index (χ1v) is 6.09. The molecule has 1 aromatic rings. The van der Waals surface area contributed by atoms with Crippen LogP contribution in [0.5, 0.6) is 0 Å². The molecule has 0 amide bonds. The van der Waals surface area contributed by atoms with Crippen LogP contribution < -0.4 is 5.32 Å². The highest BCUT2D eigenvalue weighted by Gasteiger charge is 2.05. The Morgan fingerprint density at radius 3 is 2.71 bits per heavy atom. The minimum Gasteiger partial charge on any atom is -0.461 e. The van der Waals surface area contributed by atoms with Gasteiger partial charge in [-0.1, -0.05) is 30.3 Å². The molecule has 0 saturated heterocycles. The van der Waals surface area contributed by atoms with E-state index in [4.69, 9.17) is 4.74 Å². The molecule has 1 rings (SSSR count). The summed E-state index contributed by atoms with van der Waals surface area (Å²) in [6.07, 6.45) is 2.37. The van der Waals surface area contributed by atoms with E-state index in [0.717, 1.165) is 18.4 Å². The number of hydrogen-bond acceptors (Lipinski definition) is 3. The Balaban J connectivity index is 2.13. The zero-order valence-corrected chi connectivity index (χ0v) is 10.6. The van der Waals surface area contributed by atoms with Gasteiger partial charge in [-0.3, -0.25) is 4.79 Å². The molecule has 0 saturated carbocycles. The van der Waals surface area contributed by atoms with Crippen LogP contribution in [0.3, 0.4) is 0 Å². The molecule has 0 aromatic heterocycles. The summed E-state index contributed by atoms with van der Waals surface area (Å²) >= 11 is 0. The number of benzene rings is 1. The van der Waals surface area contributed by atoms with Crippen molar-refractivity contribution in [2.75, 3.05) is 7.05 Å². The summed E-state index contributed by atoms with van der Waals surface area (Å²) in [7, 11) is 1.93.